The third-order valence-electron chi connectivity index (χ3n) is 4.81. The van der Waals surface area contributed by atoms with Gasteiger partial charge in [-0.25, -0.2) is 0 Å². The Morgan fingerprint density at radius 3 is 1.52 bits per heavy atom. The van der Waals surface area contributed by atoms with E-state index in [0.717, 1.165) is 17.5 Å². The molecule has 0 aliphatic heterocycles. The minimum absolute atomic E-state index is 0.0975. The molecular weight excluding hydrogens is 306 g/mol. The zero-order chi connectivity index (χ0) is 17.7. The second-order valence-electron chi connectivity index (χ2n) is 6.67. The molecule has 0 amide bonds. The summed E-state index contributed by atoms with van der Waals surface area (Å²) in [5.74, 6) is 0. The molecule has 3 aromatic carbocycles. The topological polar surface area (TPSA) is 23.5 Å². The highest BCUT2D eigenvalue weighted by Crippen LogP contribution is 2.36. The molecule has 2 heteroatoms. The van der Waals surface area contributed by atoms with Crippen LogP contribution in [0.25, 0.3) is 0 Å². The van der Waals surface area contributed by atoms with E-state index >= 15 is 0 Å². The van der Waals surface area contributed by atoms with Crippen molar-refractivity contribution in [2.45, 2.75) is 18.1 Å². The van der Waals surface area contributed by atoms with E-state index in [9.17, 15) is 5.11 Å². The Bertz CT molecular complexity index is 729. The number of aliphatic hydroxyl groups is 1. The third kappa shape index (κ3) is 3.65. The Morgan fingerprint density at radius 1 is 0.720 bits per heavy atom. The van der Waals surface area contributed by atoms with Crippen molar-refractivity contribution < 1.29 is 5.11 Å². The number of nitrogens with zero attached hydrogens (tertiary/aromatic N) is 1. The summed E-state index contributed by atoms with van der Waals surface area (Å²) in [6, 6.07) is 30.2. The van der Waals surface area contributed by atoms with E-state index in [1.165, 1.54) is 5.56 Å². The molecule has 2 nitrogen and oxygen atoms in total. The Hall–Kier alpha value is -2.42. The first-order chi connectivity index (χ1) is 12.1. The van der Waals surface area contributed by atoms with Gasteiger partial charge in [0.1, 0.15) is 5.60 Å². The summed E-state index contributed by atoms with van der Waals surface area (Å²) in [6.45, 7) is 0. The zero-order valence-corrected chi connectivity index (χ0v) is 14.8. The fraction of sp³-hybridized carbons (Fsp3) is 0.217. The number of hydrogen-bond acceptors (Lipinski definition) is 2. The first-order valence-corrected chi connectivity index (χ1v) is 8.66. The minimum Gasteiger partial charge on any atom is -0.379 e. The molecule has 0 radical (unpaired) electrons. The van der Waals surface area contributed by atoms with Crippen LogP contribution < -0.4 is 0 Å². The molecule has 0 saturated heterocycles. The summed E-state index contributed by atoms with van der Waals surface area (Å²) in [4.78, 5) is 2.12. The lowest BCUT2D eigenvalue weighted by molar-refractivity contribution is -0.00316. The van der Waals surface area contributed by atoms with Gasteiger partial charge in [-0.05, 0) is 37.2 Å². The maximum absolute atomic E-state index is 12.0. The first-order valence-electron chi connectivity index (χ1n) is 8.66. The van der Waals surface area contributed by atoms with Gasteiger partial charge in [-0.3, -0.25) is 0 Å². The average Bonchev–Trinajstić information content (AvgIpc) is 2.67. The molecule has 0 bridgehead atoms. The monoisotopic (exact) mass is 331 g/mol. The predicted molar refractivity (Wildman–Crippen MR) is 104 cm³/mol. The van der Waals surface area contributed by atoms with Crippen LogP contribution in [0.1, 0.15) is 16.7 Å². The standard InChI is InChI=1S/C23H25NO/c1-24(2)22(18-19-12-6-3-7-13-19)23(25,20-14-8-4-9-15-20)21-16-10-5-11-17-21/h3-17,22,25H,18H2,1-2H3/t22-/m1/s1. The van der Waals surface area contributed by atoms with Crippen molar-refractivity contribution >= 4 is 0 Å². The zero-order valence-electron chi connectivity index (χ0n) is 14.8. The van der Waals surface area contributed by atoms with Crippen LogP contribution >= 0.6 is 0 Å². The SMILES string of the molecule is CN(C)[C@H](Cc1ccccc1)C(O)(c1ccccc1)c1ccccc1. The van der Waals surface area contributed by atoms with E-state index in [0.29, 0.717) is 0 Å². The molecule has 25 heavy (non-hydrogen) atoms. The molecule has 0 fully saturated rings. The van der Waals surface area contributed by atoms with Crippen LogP contribution in [0.5, 0.6) is 0 Å². The molecule has 0 aromatic heterocycles. The highest BCUT2D eigenvalue weighted by molar-refractivity contribution is 5.39. The van der Waals surface area contributed by atoms with Gasteiger partial charge in [0.25, 0.3) is 0 Å². The molecule has 0 saturated carbocycles. The van der Waals surface area contributed by atoms with Crippen LogP contribution in [0.4, 0.5) is 0 Å². The van der Waals surface area contributed by atoms with Gasteiger partial charge in [0.15, 0.2) is 0 Å². The van der Waals surface area contributed by atoms with Crippen LogP contribution in [0.2, 0.25) is 0 Å². The van der Waals surface area contributed by atoms with E-state index in [1.54, 1.807) is 0 Å². The van der Waals surface area contributed by atoms with E-state index < -0.39 is 5.60 Å². The summed E-state index contributed by atoms with van der Waals surface area (Å²) in [6.07, 6.45) is 0.758. The first kappa shape index (κ1) is 17.4. The Kier molecular flexibility index (Phi) is 5.32. The van der Waals surface area contributed by atoms with Gasteiger partial charge < -0.3 is 10.0 Å². The van der Waals surface area contributed by atoms with Crippen molar-refractivity contribution in [2.24, 2.45) is 0 Å². The normalized spacial score (nSPS) is 13.0. The van der Waals surface area contributed by atoms with Gasteiger partial charge in [0.2, 0.25) is 0 Å². The molecular formula is C23H25NO. The lowest BCUT2D eigenvalue weighted by atomic mass is 9.77. The van der Waals surface area contributed by atoms with Crippen molar-refractivity contribution in [3.05, 3.63) is 108 Å². The van der Waals surface area contributed by atoms with Crippen molar-refractivity contribution in [3.8, 4) is 0 Å². The fourth-order valence-electron chi connectivity index (χ4n) is 3.48. The van der Waals surface area contributed by atoms with Gasteiger partial charge in [-0.1, -0.05) is 91.0 Å². The Morgan fingerprint density at radius 2 is 1.12 bits per heavy atom. The van der Waals surface area contributed by atoms with Crippen LogP contribution in [-0.2, 0) is 12.0 Å². The molecule has 0 spiro atoms. The summed E-state index contributed by atoms with van der Waals surface area (Å²) in [5.41, 5.74) is 1.94. The quantitative estimate of drug-likeness (QED) is 0.735. The van der Waals surface area contributed by atoms with Crippen molar-refractivity contribution in [2.75, 3.05) is 14.1 Å². The van der Waals surface area contributed by atoms with E-state index in [-0.39, 0.29) is 6.04 Å². The average molecular weight is 331 g/mol. The van der Waals surface area contributed by atoms with Crippen LogP contribution in [0.3, 0.4) is 0 Å². The predicted octanol–water partition coefficient (Wildman–Crippen LogP) is 4.10. The second-order valence-corrected chi connectivity index (χ2v) is 6.67. The number of rotatable bonds is 6. The fourth-order valence-corrected chi connectivity index (χ4v) is 3.48. The van der Waals surface area contributed by atoms with Gasteiger partial charge in [-0.15, -0.1) is 0 Å². The maximum Gasteiger partial charge on any atom is 0.130 e. The van der Waals surface area contributed by atoms with Gasteiger partial charge >= 0.3 is 0 Å². The van der Waals surface area contributed by atoms with Gasteiger partial charge in [-0.2, -0.15) is 0 Å². The van der Waals surface area contributed by atoms with Crippen molar-refractivity contribution in [3.63, 3.8) is 0 Å². The molecule has 1 atom stereocenters. The third-order valence-corrected chi connectivity index (χ3v) is 4.81. The minimum atomic E-state index is -1.10. The van der Waals surface area contributed by atoms with Gasteiger partial charge in [0.05, 0.1) is 6.04 Å². The summed E-state index contributed by atoms with van der Waals surface area (Å²) >= 11 is 0. The molecule has 3 rings (SSSR count). The number of hydrogen-bond donors (Lipinski definition) is 1. The van der Waals surface area contributed by atoms with Gasteiger partial charge in [0, 0.05) is 0 Å². The second kappa shape index (κ2) is 7.64. The van der Waals surface area contributed by atoms with E-state index in [4.69, 9.17) is 0 Å². The molecule has 1 N–H and O–H groups in total. The molecule has 128 valence electrons. The lowest BCUT2D eigenvalue weighted by Gasteiger charge is -2.41. The summed E-state index contributed by atoms with van der Waals surface area (Å²) in [5, 5.41) is 12.0. The summed E-state index contributed by atoms with van der Waals surface area (Å²) in [7, 11) is 4.06. The highest BCUT2D eigenvalue weighted by atomic mass is 16.3. The lowest BCUT2D eigenvalue weighted by Crippen LogP contribution is -2.50. The van der Waals surface area contributed by atoms with Crippen LogP contribution in [0, 0.1) is 0 Å². The maximum atomic E-state index is 12.0. The smallest absolute Gasteiger partial charge is 0.130 e. The van der Waals surface area contributed by atoms with Crippen LogP contribution in [-0.4, -0.2) is 30.1 Å². The van der Waals surface area contributed by atoms with Crippen molar-refractivity contribution in [1.82, 2.24) is 4.90 Å². The van der Waals surface area contributed by atoms with E-state index in [2.05, 4.69) is 17.0 Å². The number of likely N-dealkylation sites (N-methyl/N-ethyl adjacent to an activating group) is 1. The molecule has 0 aliphatic carbocycles. The largest absolute Gasteiger partial charge is 0.379 e. The molecule has 0 aliphatic rings. The summed E-state index contributed by atoms with van der Waals surface area (Å²) < 4.78 is 0. The molecule has 3 aromatic rings. The molecule has 0 heterocycles. The Labute approximate surface area is 150 Å². The highest BCUT2D eigenvalue weighted by Gasteiger charge is 2.41. The van der Waals surface area contributed by atoms with Crippen LogP contribution in [0.15, 0.2) is 91.0 Å². The van der Waals surface area contributed by atoms with Crippen molar-refractivity contribution in [1.29, 1.82) is 0 Å². The van der Waals surface area contributed by atoms with E-state index in [1.807, 2.05) is 93.0 Å². The number of benzene rings is 3. The Balaban J connectivity index is 2.11. The molecule has 0 unspecified atom stereocenters.